The van der Waals surface area contributed by atoms with Gasteiger partial charge in [0, 0.05) is 12.6 Å². The van der Waals surface area contributed by atoms with Crippen LogP contribution in [0.3, 0.4) is 0 Å². The van der Waals surface area contributed by atoms with Gasteiger partial charge >= 0.3 is 0 Å². The van der Waals surface area contributed by atoms with Crippen molar-refractivity contribution in [3.63, 3.8) is 0 Å². The largest absolute Gasteiger partial charge is 0.355 e. The van der Waals surface area contributed by atoms with E-state index in [-0.39, 0.29) is 5.91 Å². The molecule has 2 nitrogen and oxygen atoms in total. The lowest BCUT2D eigenvalue weighted by Gasteiger charge is -2.06. The summed E-state index contributed by atoms with van der Waals surface area (Å²) in [6.07, 6.45) is 2.03. The topological polar surface area (TPSA) is 29.1 Å². The lowest BCUT2D eigenvalue weighted by molar-refractivity contribution is 0.0962. The monoisotopic (exact) mass is 177 g/mol. The zero-order valence-corrected chi connectivity index (χ0v) is 8.13. The number of hydrogen-bond acceptors (Lipinski definition) is 1. The van der Waals surface area contributed by atoms with Gasteiger partial charge in [-0.05, 0) is 18.1 Å². The number of amides is 1. The summed E-state index contributed by atoms with van der Waals surface area (Å²) in [6, 6.07) is 7.74. The Hall–Kier alpha value is -1.31. The van der Waals surface area contributed by atoms with E-state index < -0.39 is 0 Å². The van der Waals surface area contributed by atoms with Crippen LogP contribution in [0.4, 0.5) is 0 Å². The Labute approximate surface area is 79.0 Å². The maximum atomic E-state index is 11.4. The highest BCUT2D eigenvalue weighted by atomic mass is 16.1. The number of benzene rings is 1. The molecule has 0 aliphatic heterocycles. The molecule has 0 atom stereocenters. The smallest absolute Gasteiger partial charge is 0.251 e. The van der Waals surface area contributed by atoms with E-state index >= 15 is 0 Å². The Morgan fingerprint density at radius 1 is 1.38 bits per heavy atom. The molecule has 1 aromatic rings. The van der Waals surface area contributed by atoms with Crippen LogP contribution in [0.5, 0.6) is 0 Å². The van der Waals surface area contributed by atoms with E-state index in [1.54, 1.807) is 7.05 Å². The van der Waals surface area contributed by atoms with E-state index in [1.807, 2.05) is 24.3 Å². The normalized spacial score (nSPS) is 9.69. The summed E-state index contributed by atoms with van der Waals surface area (Å²) >= 11 is 0. The molecule has 0 spiro atoms. The molecule has 0 bridgehead atoms. The summed E-state index contributed by atoms with van der Waals surface area (Å²) in [6.45, 7) is 2.11. The van der Waals surface area contributed by atoms with Gasteiger partial charge in [0.05, 0.1) is 0 Å². The molecule has 1 rings (SSSR count). The van der Waals surface area contributed by atoms with Crippen LogP contribution in [0.15, 0.2) is 24.3 Å². The summed E-state index contributed by atoms with van der Waals surface area (Å²) in [5, 5.41) is 2.64. The SMILES string of the molecule is CCCc1ccccc1C(=O)NC. The van der Waals surface area contributed by atoms with Gasteiger partial charge in [0.2, 0.25) is 0 Å². The second kappa shape index (κ2) is 4.65. The van der Waals surface area contributed by atoms with E-state index in [0.717, 1.165) is 24.0 Å². The second-order valence-electron chi connectivity index (χ2n) is 2.99. The Kier molecular flexibility index (Phi) is 3.50. The molecule has 0 heterocycles. The first-order chi connectivity index (χ1) is 6.29. The van der Waals surface area contributed by atoms with Gasteiger partial charge < -0.3 is 5.32 Å². The molecular formula is C11H15NO. The maximum Gasteiger partial charge on any atom is 0.251 e. The van der Waals surface area contributed by atoms with Crippen molar-refractivity contribution in [2.45, 2.75) is 19.8 Å². The standard InChI is InChI=1S/C11H15NO/c1-3-6-9-7-4-5-8-10(9)11(13)12-2/h4-5,7-8H,3,6H2,1-2H3,(H,12,13). The fraction of sp³-hybridized carbons (Fsp3) is 0.364. The van der Waals surface area contributed by atoms with E-state index in [4.69, 9.17) is 0 Å². The van der Waals surface area contributed by atoms with Crippen molar-refractivity contribution in [3.8, 4) is 0 Å². The fourth-order valence-electron chi connectivity index (χ4n) is 1.36. The van der Waals surface area contributed by atoms with Crippen LogP contribution in [0, 0.1) is 0 Å². The van der Waals surface area contributed by atoms with E-state index in [9.17, 15) is 4.79 Å². The highest BCUT2D eigenvalue weighted by molar-refractivity contribution is 5.95. The van der Waals surface area contributed by atoms with Gasteiger partial charge in [-0.3, -0.25) is 4.79 Å². The Bertz CT molecular complexity index is 294. The van der Waals surface area contributed by atoms with Gasteiger partial charge in [0.1, 0.15) is 0 Å². The van der Waals surface area contributed by atoms with Crippen molar-refractivity contribution in [1.29, 1.82) is 0 Å². The Morgan fingerprint density at radius 2 is 2.08 bits per heavy atom. The van der Waals surface area contributed by atoms with Crippen molar-refractivity contribution in [2.75, 3.05) is 7.05 Å². The van der Waals surface area contributed by atoms with Crippen LogP contribution < -0.4 is 5.32 Å². The second-order valence-corrected chi connectivity index (χ2v) is 2.99. The van der Waals surface area contributed by atoms with Crippen molar-refractivity contribution < 1.29 is 4.79 Å². The summed E-state index contributed by atoms with van der Waals surface area (Å²) < 4.78 is 0. The third kappa shape index (κ3) is 2.31. The van der Waals surface area contributed by atoms with Crippen LogP contribution in [0.1, 0.15) is 29.3 Å². The number of aryl methyl sites for hydroxylation is 1. The lowest BCUT2D eigenvalue weighted by atomic mass is 10.0. The number of carbonyl (C=O) groups excluding carboxylic acids is 1. The van der Waals surface area contributed by atoms with E-state index in [0.29, 0.717) is 0 Å². The Morgan fingerprint density at radius 3 is 2.69 bits per heavy atom. The molecule has 70 valence electrons. The Balaban J connectivity index is 2.97. The van der Waals surface area contributed by atoms with Gasteiger partial charge in [0.15, 0.2) is 0 Å². The number of carbonyl (C=O) groups is 1. The molecule has 0 aromatic heterocycles. The highest BCUT2D eigenvalue weighted by Crippen LogP contribution is 2.10. The van der Waals surface area contributed by atoms with Gasteiger partial charge in [-0.2, -0.15) is 0 Å². The third-order valence-electron chi connectivity index (χ3n) is 2.01. The number of nitrogens with one attached hydrogen (secondary N) is 1. The molecule has 2 heteroatoms. The predicted molar refractivity (Wildman–Crippen MR) is 53.8 cm³/mol. The summed E-state index contributed by atoms with van der Waals surface area (Å²) in [7, 11) is 1.66. The molecule has 0 saturated heterocycles. The van der Waals surface area contributed by atoms with Crippen molar-refractivity contribution in [3.05, 3.63) is 35.4 Å². The van der Waals surface area contributed by atoms with Gasteiger partial charge in [-0.15, -0.1) is 0 Å². The molecule has 0 aliphatic rings. The van der Waals surface area contributed by atoms with Crippen LogP contribution in [0.2, 0.25) is 0 Å². The first-order valence-electron chi connectivity index (χ1n) is 4.59. The summed E-state index contributed by atoms with van der Waals surface area (Å²) in [5.74, 6) is 0.00375. The minimum atomic E-state index is 0.00375. The average molecular weight is 177 g/mol. The number of hydrogen-bond donors (Lipinski definition) is 1. The molecule has 0 fully saturated rings. The van der Waals surface area contributed by atoms with Crippen LogP contribution in [0.25, 0.3) is 0 Å². The molecule has 1 aromatic carbocycles. The van der Waals surface area contributed by atoms with Crippen LogP contribution >= 0.6 is 0 Å². The van der Waals surface area contributed by atoms with Gasteiger partial charge in [0.25, 0.3) is 5.91 Å². The van der Waals surface area contributed by atoms with Crippen molar-refractivity contribution >= 4 is 5.91 Å². The molecule has 0 unspecified atom stereocenters. The van der Waals surface area contributed by atoms with Gasteiger partial charge in [-0.25, -0.2) is 0 Å². The summed E-state index contributed by atoms with van der Waals surface area (Å²) in [5.41, 5.74) is 1.93. The fourth-order valence-corrected chi connectivity index (χ4v) is 1.36. The summed E-state index contributed by atoms with van der Waals surface area (Å²) in [4.78, 5) is 11.4. The van der Waals surface area contributed by atoms with Crippen molar-refractivity contribution in [2.24, 2.45) is 0 Å². The zero-order chi connectivity index (χ0) is 9.68. The molecule has 13 heavy (non-hydrogen) atoms. The average Bonchev–Trinajstić information content (AvgIpc) is 2.18. The first-order valence-corrected chi connectivity index (χ1v) is 4.59. The van der Waals surface area contributed by atoms with Crippen molar-refractivity contribution in [1.82, 2.24) is 5.32 Å². The minimum Gasteiger partial charge on any atom is -0.355 e. The van der Waals surface area contributed by atoms with Crippen LogP contribution in [-0.2, 0) is 6.42 Å². The maximum absolute atomic E-state index is 11.4. The minimum absolute atomic E-state index is 0.00375. The highest BCUT2D eigenvalue weighted by Gasteiger charge is 2.06. The lowest BCUT2D eigenvalue weighted by Crippen LogP contribution is -2.19. The zero-order valence-electron chi connectivity index (χ0n) is 8.13. The molecule has 0 saturated carbocycles. The van der Waals surface area contributed by atoms with Crippen LogP contribution in [-0.4, -0.2) is 13.0 Å². The quantitative estimate of drug-likeness (QED) is 0.751. The molecule has 1 N–H and O–H groups in total. The molecular weight excluding hydrogens is 162 g/mol. The first kappa shape index (κ1) is 9.78. The molecule has 0 aliphatic carbocycles. The third-order valence-corrected chi connectivity index (χ3v) is 2.01. The molecule has 0 radical (unpaired) electrons. The molecule has 1 amide bonds. The van der Waals surface area contributed by atoms with Gasteiger partial charge in [-0.1, -0.05) is 31.5 Å². The van der Waals surface area contributed by atoms with E-state index in [2.05, 4.69) is 12.2 Å². The predicted octanol–water partition coefficient (Wildman–Crippen LogP) is 2.00. The number of rotatable bonds is 3. The van der Waals surface area contributed by atoms with E-state index in [1.165, 1.54) is 0 Å².